The van der Waals surface area contributed by atoms with E-state index in [4.69, 9.17) is 11.6 Å². The van der Waals surface area contributed by atoms with E-state index in [-0.39, 0.29) is 5.91 Å². The van der Waals surface area contributed by atoms with Crippen LogP contribution >= 0.6 is 34.3 Å². The van der Waals surface area contributed by atoms with Gasteiger partial charge in [-0.2, -0.15) is 0 Å². The Morgan fingerprint density at radius 3 is 2.67 bits per heavy atom. The number of anilines is 1. The van der Waals surface area contributed by atoms with Crippen molar-refractivity contribution < 1.29 is 14.7 Å². The van der Waals surface area contributed by atoms with E-state index in [0.717, 1.165) is 10.6 Å². The molecule has 0 spiro atoms. The summed E-state index contributed by atoms with van der Waals surface area (Å²) in [6, 6.07) is 3.66. The first kappa shape index (κ1) is 14.5. The molecule has 0 saturated heterocycles. The Morgan fingerprint density at radius 2 is 2.10 bits per heavy atom. The Labute approximate surface area is 133 Å². The van der Waals surface area contributed by atoms with Gasteiger partial charge in [-0.25, -0.2) is 4.98 Å². The van der Waals surface area contributed by atoms with Gasteiger partial charge in [-0.1, -0.05) is 11.6 Å². The summed E-state index contributed by atoms with van der Waals surface area (Å²) >= 11 is 8.59. The largest absolute Gasteiger partial charge is 0.550 e. The lowest BCUT2D eigenvalue weighted by Gasteiger charge is -2.35. The predicted octanol–water partition coefficient (Wildman–Crippen LogP) is 2.24. The number of rotatable bonds is 4. The number of carbonyl (C=O) groups is 2. The van der Waals surface area contributed by atoms with Gasteiger partial charge in [0.15, 0.2) is 5.13 Å². The highest BCUT2D eigenvalue weighted by Crippen LogP contribution is 2.36. The number of carboxylic acids is 1. The van der Waals surface area contributed by atoms with Gasteiger partial charge < -0.3 is 15.2 Å². The van der Waals surface area contributed by atoms with Crippen molar-refractivity contribution in [1.29, 1.82) is 0 Å². The number of hydrogen-bond donors (Lipinski definition) is 1. The maximum atomic E-state index is 12.0. The fraction of sp³-hybridized carbons (Fsp3) is 0.308. The SMILES string of the molecule is O=C(Nc1nc(-c2ccc(Cl)s2)cs1)[C@H]1CC[C@H]1C(=O)[O-]. The summed E-state index contributed by atoms with van der Waals surface area (Å²) < 4.78 is 0.676. The second-order valence-corrected chi connectivity index (χ2v) is 7.31. The molecule has 1 N–H and O–H groups in total. The average Bonchev–Trinajstić information content (AvgIpc) is 2.95. The van der Waals surface area contributed by atoms with Gasteiger partial charge in [-0.05, 0) is 25.0 Å². The van der Waals surface area contributed by atoms with E-state index in [9.17, 15) is 14.7 Å². The molecule has 1 aliphatic carbocycles. The van der Waals surface area contributed by atoms with Crippen LogP contribution in [0.5, 0.6) is 0 Å². The van der Waals surface area contributed by atoms with Gasteiger partial charge in [-0.15, -0.1) is 22.7 Å². The zero-order chi connectivity index (χ0) is 15.0. The monoisotopic (exact) mass is 341 g/mol. The molecule has 2 aromatic heterocycles. The molecule has 5 nitrogen and oxygen atoms in total. The van der Waals surface area contributed by atoms with Crippen molar-refractivity contribution in [3.63, 3.8) is 0 Å². The van der Waals surface area contributed by atoms with E-state index >= 15 is 0 Å². The molecule has 2 atom stereocenters. The van der Waals surface area contributed by atoms with Gasteiger partial charge in [-0.3, -0.25) is 4.79 Å². The van der Waals surface area contributed by atoms with Crippen LogP contribution in [0.2, 0.25) is 4.34 Å². The number of carbonyl (C=O) groups excluding carboxylic acids is 2. The summed E-state index contributed by atoms with van der Waals surface area (Å²) in [6.07, 6.45) is 1.07. The maximum Gasteiger partial charge on any atom is 0.229 e. The van der Waals surface area contributed by atoms with Crippen LogP contribution in [0.3, 0.4) is 0 Å². The summed E-state index contributed by atoms with van der Waals surface area (Å²) in [7, 11) is 0. The molecular weight excluding hydrogens is 332 g/mol. The zero-order valence-electron chi connectivity index (χ0n) is 10.7. The first-order chi connectivity index (χ1) is 10.0. The third-order valence-corrected chi connectivity index (χ3v) is 5.49. The van der Waals surface area contributed by atoms with Gasteiger partial charge in [0.25, 0.3) is 0 Å². The number of halogens is 1. The summed E-state index contributed by atoms with van der Waals surface area (Å²) in [6.45, 7) is 0. The highest BCUT2D eigenvalue weighted by Gasteiger charge is 2.37. The Morgan fingerprint density at radius 1 is 1.33 bits per heavy atom. The lowest BCUT2D eigenvalue weighted by atomic mass is 9.73. The Hall–Kier alpha value is -1.44. The Kier molecular flexibility index (Phi) is 3.97. The third-order valence-electron chi connectivity index (χ3n) is 3.47. The van der Waals surface area contributed by atoms with Gasteiger partial charge >= 0.3 is 0 Å². The lowest BCUT2D eigenvalue weighted by molar-refractivity contribution is -0.316. The molecule has 1 amide bonds. The highest BCUT2D eigenvalue weighted by molar-refractivity contribution is 7.20. The smallest absolute Gasteiger partial charge is 0.229 e. The number of aliphatic carboxylic acids is 1. The molecule has 8 heteroatoms. The standard InChI is InChI=1S/C13H11ClN2O3S2/c14-10-4-3-9(21-10)8-5-20-13(15-8)16-11(17)6-1-2-7(6)12(18)19/h3-7H,1-2H2,(H,18,19)(H,15,16,17)/p-1/t6-,7+/m0/s1. The molecule has 110 valence electrons. The second-order valence-electron chi connectivity index (χ2n) is 4.74. The minimum absolute atomic E-state index is 0.305. The second kappa shape index (κ2) is 5.75. The Bertz CT molecular complexity index is 697. The molecule has 1 fully saturated rings. The Balaban J connectivity index is 1.67. The number of aromatic nitrogens is 1. The molecule has 1 aliphatic rings. The van der Waals surface area contributed by atoms with Crippen molar-refractivity contribution in [1.82, 2.24) is 4.98 Å². The topological polar surface area (TPSA) is 82.1 Å². The molecule has 0 aliphatic heterocycles. The molecule has 0 radical (unpaired) electrons. The number of nitrogens with zero attached hydrogens (tertiary/aromatic N) is 1. The molecule has 0 bridgehead atoms. The van der Waals surface area contributed by atoms with E-state index in [2.05, 4.69) is 10.3 Å². The van der Waals surface area contributed by atoms with Crippen LogP contribution in [0.25, 0.3) is 10.6 Å². The molecular formula is C13H10ClN2O3S2-. The predicted molar refractivity (Wildman–Crippen MR) is 80.3 cm³/mol. The molecule has 0 unspecified atom stereocenters. The van der Waals surface area contributed by atoms with Crippen LogP contribution in [0.15, 0.2) is 17.5 Å². The van der Waals surface area contributed by atoms with E-state index < -0.39 is 17.8 Å². The number of thiophene rings is 1. The van der Waals surface area contributed by atoms with Crippen LogP contribution < -0.4 is 10.4 Å². The molecule has 21 heavy (non-hydrogen) atoms. The third kappa shape index (κ3) is 2.95. The number of carboxylic acid groups (broad SMARTS) is 1. The van der Waals surface area contributed by atoms with Crippen molar-refractivity contribution in [2.45, 2.75) is 12.8 Å². The van der Waals surface area contributed by atoms with Crippen LogP contribution in [0, 0.1) is 11.8 Å². The maximum absolute atomic E-state index is 12.0. The number of amides is 1. The van der Waals surface area contributed by atoms with E-state index in [1.807, 2.05) is 11.4 Å². The fourth-order valence-electron chi connectivity index (χ4n) is 2.19. The van der Waals surface area contributed by atoms with E-state index in [1.165, 1.54) is 22.7 Å². The quantitative estimate of drug-likeness (QED) is 0.924. The van der Waals surface area contributed by atoms with Crippen molar-refractivity contribution in [3.05, 3.63) is 21.8 Å². The van der Waals surface area contributed by atoms with Crippen molar-refractivity contribution in [2.24, 2.45) is 11.8 Å². The first-order valence-corrected chi connectivity index (χ1v) is 8.35. The first-order valence-electron chi connectivity index (χ1n) is 6.27. The van der Waals surface area contributed by atoms with E-state index in [0.29, 0.717) is 22.3 Å². The molecule has 2 aromatic rings. The summed E-state index contributed by atoms with van der Waals surface area (Å²) in [5, 5.41) is 15.8. The van der Waals surface area contributed by atoms with Crippen molar-refractivity contribution >= 4 is 51.3 Å². The lowest BCUT2D eigenvalue weighted by Crippen LogP contribution is -2.46. The van der Waals surface area contributed by atoms with Crippen LogP contribution in [0.1, 0.15) is 12.8 Å². The molecule has 0 aromatic carbocycles. The van der Waals surface area contributed by atoms with Crippen molar-refractivity contribution in [3.8, 4) is 10.6 Å². The van der Waals surface area contributed by atoms with Crippen molar-refractivity contribution in [2.75, 3.05) is 5.32 Å². The zero-order valence-corrected chi connectivity index (χ0v) is 13.1. The highest BCUT2D eigenvalue weighted by atomic mass is 35.5. The van der Waals surface area contributed by atoms with E-state index in [1.54, 1.807) is 6.07 Å². The summed E-state index contributed by atoms with van der Waals surface area (Å²) in [5.74, 6) is -2.66. The normalized spacial score (nSPS) is 20.8. The van der Waals surface area contributed by atoms with Crippen LogP contribution in [0.4, 0.5) is 5.13 Å². The van der Waals surface area contributed by atoms with Gasteiger partial charge in [0, 0.05) is 23.2 Å². The minimum Gasteiger partial charge on any atom is -0.550 e. The summed E-state index contributed by atoms with van der Waals surface area (Å²) in [5.41, 5.74) is 0.747. The van der Waals surface area contributed by atoms with Gasteiger partial charge in [0.05, 0.1) is 14.9 Å². The van der Waals surface area contributed by atoms with Gasteiger partial charge in [0.2, 0.25) is 5.91 Å². The average molecular weight is 342 g/mol. The summed E-state index contributed by atoms with van der Waals surface area (Å²) in [4.78, 5) is 28.1. The van der Waals surface area contributed by atoms with Crippen LogP contribution in [-0.2, 0) is 9.59 Å². The molecule has 3 rings (SSSR count). The van der Waals surface area contributed by atoms with Gasteiger partial charge in [0.1, 0.15) is 0 Å². The molecule has 1 saturated carbocycles. The fourth-order valence-corrected chi connectivity index (χ4v) is 3.98. The number of thiazole rings is 1. The number of hydrogen-bond acceptors (Lipinski definition) is 6. The minimum atomic E-state index is -1.16. The van der Waals surface area contributed by atoms with Crippen LogP contribution in [-0.4, -0.2) is 16.9 Å². The molecule has 2 heterocycles. The number of nitrogens with one attached hydrogen (secondary N) is 1.